The predicted molar refractivity (Wildman–Crippen MR) is 139 cm³/mol. The van der Waals surface area contributed by atoms with Crippen molar-refractivity contribution in [3.8, 4) is 6.07 Å². The highest BCUT2D eigenvalue weighted by molar-refractivity contribution is 5.96. The number of nitrogens with zero attached hydrogens (tertiary/aromatic N) is 4. The molecule has 0 aromatic rings. The molecule has 3 rings (SSSR count). The summed E-state index contributed by atoms with van der Waals surface area (Å²) in [4.78, 5) is 34.7. The molecule has 1 aliphatic carbocycles. The van der Waals surface area contributed by atoms with E-state index in [9.17, 15) is 20.0 Å². The number of carbonyl (C=O) groups is 2. The van der Waals surface area contributed by atoms with Crippen LogP contribution in [0, 0.1) is 17.2 Å². The number of ether oxygens (including phenoxy) is 2. The maximum absolute atomic E-state index is 13.8. The minimum Gasteiger partial charge on any atom is -0.450 e. The summed E-state index contributed by atoms with van der Waals surface area (Å²) < 4.78 is 10.5. The zero-order valence-corrected chi connectivity index (χ0v) is 22.5. The van der Waals surface area contributed by atoms with Crippen LogP contribution in [0.5, 0.6) is 0 Å². The fourth-order valence-electron chi connectivity index (χ4n) is 5.43. The third-order valence-corrected chi connectivity index (χ3v) is 7.57. The molecule has 3 aliphatic rings. The molecule has 0 aromatic carbocycles. The normalized spacial score (nSPS) is 23.0. The quantitative estimate of drug-likeness (QED) is 0.326. The van der Waals surface area contributed by atoms with Gasteiger partial charge in [-0.15, -0.1) is 0 Å². The summed E-state index contributed by atoms with van der Waals surface area (Å²) >= 11 is 0. The van der Waals surface area contributed by atoms with Gasteiger partial charge in [-0.2, -0.15) is 5.26 Å². The summed E-state index contributed by atoms with van der Waals surface area (Å²) in [5.41, 5.74) is -3.20. The van der Waals surface area contributed by atoms with Gasteiger partial charge in [0, 0.05) is 32.6 Å². The molecule has 1 unspecified atom stereocenters. The fourth-order valence-corrected chi connectivity index (χ4v) is 5.43. The monoisotopic (exact) mass is 520 g/mol. The van der Waals surface area contributed by atoms with Crippen LogP contribution < -0.4 is 10.6 Å². The van der Waals surface area contributed by atoms with Crippen LogP contribution in [0.3, 0.4) is 0 Å². The Balaban J connectivity index is 1.88. The van der Waals surface area contributed by atoms with E-state index >= 15 is 0 Å². The van der Waals surface area contributed by atoms with Gasteiger partial charge in [-0.05, 0) is 38.6 Å². The number of piperidine rings is 1. The number of aliphatic imine (C=N–C) groups is 1. The van der Waals surface area contributed by atoms with E-state index in [1.807, 2.05) is 0 Å². The van der Waals surface area contributed by atoms with Crippen molar-refractivity contribution in [3.05, 3.63) is 0 Å². The third-order valence-electron chi connectivity index (χ3n) is 7.57. The molecule has 1 saturated carbocycles. The molecule has 2 saturated heterocycles. The highest BCUT2D eigenvalue weighted by Crippen LogP contribution is 2.33. The lowest BCUT2D eigenvalue weighted by Gasteiger charge is -2.40. The van der Waals surface area contributed by atoms with Crippen molar-refractivity contribution < 1.29 is 24.2 Å². The van der Waals surface area contributed by atoms with Gasteiger partial charge in [0.2, 0.25) is 11.7 Å². The number of aliphatic hydroxyl groups is 1. The first kappa shape index (κ1) is 29.1. The van der Waals surface area contributed by atoms with Crippen LogP contribution in [0.15, 0.2) is 4.99 Å². The van der Waals surface area contributed by atoms with Gasteiger partial charge >= 0.3 is 6.09 Å². The van der Waals surface area contributed by atoms with Crippen molar-refractivity contribution in [1.29, 1.82) is 5.26 Å². The van der Waals surface area contributed by atoms with Gasteiger partial charge in [0.05, 0.1) is 25.9 Å². The molecule has 2 heterocycles. The highest BCUT2D eigenvalue weighted by Gasteiger charge is 2.45. The van der Waals surface area contributed by atoms with Crippen LogP contribution in [0.2, 0.25) is 0 Å². The van der Waals surface area contributed by atoms with Crippen LogP contribution in [0.25, 0.3) is 0 Å². The average Bonchev–Trinajstić information content (AvgIpc) is 2.91. The van der Waals surface area contributed by atoms with E-state index in [1.165, 1.54) is 0 Å². The number of carbonyl (C=O) groups excluding carboxylic acids is 2. The SMILES string of the molecule is CCCN1CCC(C#N)(NC(=O)C(O)(CC2CCCCC2)N=C(NC(=O)OCC)N2CCOCC2)CC1. The van der Waals surface area contributed by atoms with E-state index in [4.69, 9.17) is 9.47 Å². The first-order chi connectivity index (χ1) is 17.8. The Bertz CT molecular complexity index is 826. The smallest absolute Gasteiger partial charge is 0.413 e. The standard InChI is InChI=1S/C26H44N6O5/c1-3-12-31-13-10-25(20-27,11-14-31)29-22(33)26(35,19-21-8-6-5-7-9-21)30-23(28-24(34)37-4-2)32-15-17-36-18-16-32/h21,35H,3-19H2,1-2H3,(H,29,33)(H,28,30,34). The number of alkyl carbamates (subject to hydrolysis) is 1. The van der Waals surface area contributed by atoms with Crippen molar-refractivity contribution in [2.24, 2.45) is 10.9 Å². The molecular weight excluding hydrogens is 476 g/mol. The topological polar surface area (TPSA) is 140 Å². The van der Waals surface area contributed by atoms with Crippen molar-refractivity contribution in [2.45, 2.75) is 82.9 Å². The lowest BCUT2D eigenvalue weighted by atomic mass is 9.82. The second-order valence-corrected chi connectivity index (χ2v) is 10.4. The summed E-state index contributed by atoms with van der Waals surface area (Å²) in [5, 5.41) is 27.5. The summed E-state index contributed by atoms with van der Waals surface area (Å²) in [6.07, 6.45) is 6.44. The Morgan fingerprint density at radius 1 is 1.16 bits per heavy atom. The van der Waals surface area contributed by atoms with Gasteiger partial charge in [0.25, 0.3) is 5.91 Å². The van der Waals surface area contributed by atoms with Crippen LogP contribution in [0.4, 0.5) is 4.79 Å². The van der Waals surface area contributed by atoms with Crippen LogP contribution >= 0.6 is 0 Å². The molecule has 3 N–H and O–H groups in total. The summed E-state index contributed by atoms with van der Waals surface area (Å²) in [6, 6.07) is 2.32. The van der Waals surface area contributed by atoms with Crippen LogP contribution in [-0.2, 0) is 14.3 Å². The third kappa shape index (κ3) is 8.28. The van der Waals surface area contributed by atoms with Crippen LogP contribution in [-0.4, -0.2) is 96.7 Å². The Morgan fingerprint density at radius 2 is 1.84 bits per heavy atom. The summed E-state index contributed by atoms with van der Waals surface area (Å²) in [7, 11) is 0. The molecule has 3 fully saturated rings. The van der Waals surface area contributed by atoms with E-state index in [1.54, 1.807) is 11.8 Å². The maximum atomic E-state index is 13.8. The van der Waals surface area contributed by atoms with Gasteiger partial charge in [-0.25, -0.2) is 9.79 Å². The lowest BCUT2D eigenvalue weighted by molar-refractivity contribution is -0.143. The van der Waals surface area contributed by atoms with Gasteiger partial charge in [0.1, 0.15) is 5.54 Å². The Labute approximate surface area is 220 Å². The largest absolute Gasteiger partial charge is 0.450 e. The van der Waals surface area contributed by atoms with Gasteiger partial charge in [-0.3, -0.25) is 10.1 Å². The first-order valence-corrected chi connectivity index (χ1v) is 13.9. The van der Waals surface area contributed by atoms with Crippen molar-refractivity contribution >= 4 is 18.0 Å². The van der Waals surface area contributed by atoms with Crippen LogP contribution in [0.1, 0.15) is 71.6 Å². The molecule has 0 bridgehead atoms. The van der Waals surface area contributed by atoms with E-state index < -0.39 is 23.3 Å². The second-order valence-electron chi connectivity index (χ2n) is 10.4. The molecule has 2 aliphatic heterocycles. The average molecular weight is 521 g/mol. The molecule has 0 spiro atoms. The molecule has 11 heteroatoms. The number of rotatable bonds is 8. The first-order valence-electron chi connectivity index (χ1n) is 13.9. The van der Waals surface area contributed by atoms with Crippen molar-refractivity contribution in [1.82, 2.24) is 20.4 Å². The fraction of sp³-hybridized carbons (Fsp3) is 0.846. The van der Waals surface area contributed by atoms with E-state index in [0.29, 0.717) is 52.2 Å². The number of amides is 2. The van der Waals surface area contributed by atoms with E-state index in [-0.39, 0.29) is 24.9 Å². The predicted octanol–water partition coefficient (Wildman–Crippen LogP) is 1.96. The Morgan fingerprint density at radius 3 is 2.43 bits per heavy atom. The highest BCUT2D eigenvalue weighted by atomic mass is 16.5. The maximum Gasteiger partial charge on any atom is 0.413 e. The summed E-state index contributed by atoms with van der Waals surface area (Å²) in [6.45, 7) is 8.11. The zero-order valence-electron chi connectivity index (χ0n) is 22.5. The van der Waals surface area contributed by atoms with Gasteiger partial charge in [-0.1, -0.05) is 39.0 Å². The minimum atomic E-state index is -2.14. The van der Waals surface area contributed by atoms with Gasteiger partial charge in [0.15, 0.2) is 0 Å². The molecule has 0 radical (unpaired) electrons. The molecule has 208 valence electrons. The van der Waals surface area contributed by atoms with Gasteiger partial charge < -0.3 is 29.7 Å². The van der Waals surface area contributed by atoms with Crippen molar-refractivity contribution in [2.75, 3.05) is 52.5 Å². The molecular formula is C26H44N6O5. The number of morpholine rings is 1. The number of hydrogen-bond acceptors (Lipinski definition) is 8. The minimum absolute atomic E-state index is 0.0824. The number of guanidine groups is 1. The molecule has 1 atom stereocenters. The summed E-state index contributed by atoms with van der Waals surface area (Å²) in [5.74, 6) is -0.495. The number of hydrogen-bond donors (Lipinski definition) is 3. The van der Waals surface area contributed by atoms with E-state index in [0.717, 1.165) is 45.1 Å². The molecule has 0 aromatic heterocycles. The number of nitrogens with one attached hydrogen (secondary N) is 2. The molecule has 37 heavy (non-hydrogen) atoms. The Hall–Kier alpha value is -2.42. The van der Waals surface area contributed by atoms with E-state index in [2.05, 4.69) is 33.5 Å². The zero-order chi connectivity index (χ0) is 26.7. The van der Waals surface area contributed by atoms with Crippen molar-refractivity contribution in [3.63, 3.8) is 0 Å². The number of likely N-dealkylation sites (tertiary alicyclic amines) is 1. The lowest BCUT2D eigenvalue weighted by Crippen LogP contribution is -2.60. The number of nitriles is 1. The second kappa shape index (κ2) is 13.9. The molecule has 11 nitrogen and oxygen atoms in total. The molecule has 2 amide bonds. The Kier molecular flexibility index (Phi) is 11.0.